The highest BCUT2D eigenvalue weighted by molar-refractivity contribution is 5.02. The van der Waals surface area contributed by atoms with Gasteiger partial charge in [-0.25, -0.2) is 0 Å². The minimum absolute atomic E-state index is 1.08. The zero-order valence-corrected chi connectivity index (χ0v) is 7.87. The van der Waals surface area contributed by atoms with E-state index < -0.39 is 0 Å². The highest BCUT2D eigenvalue weighted by atomic mass is 15.1. The van der Waals surface area contributed by atoms with Crippen LogP contribution in [0, 0.1) is 6.07 Å². The first kappa shape index (κ1) is 8.70. The van der Waals surface area contributed by atoms with Crippen molar-refractivity contribution < 1.29 is 0 Å². The van der Waals surface area contributed by atoms with Crippen LogP contribution in [0.3, 0.4) is 0 Å². The topological polar surface area (TPSA) is 16.1 Å². The Hall–Kier alpha value is -0.890. The number of hydrogen-bond acceptors (Lipinski definition) is 2. The van der Waals surface area contributed by atoms with Gasteiger partial charge in [-0.15, -0.1) is 0 Å². The number of pyridine rings is 1. The van der Waals surface area contributed by atoms with E-state index in [0.29, 0.717) is 0 Å². The normalized spacial score (nSPS) is 17.8. The maximum absolute atomic E-state index is 4.26. The van der Waals surface area contributed by atoms with Crippen LogP contribution < -0.4 is 0 Å². The summed E-state index contributed by atoms with van der Waals surface area (Å²) in [4.78, 5) is 6.77. The molecule has 1 aliphatic heterocycles. The maximum Gasteiger partial charge on any atom is 0.0416 e. The van der Waals surface area contributed by atoms with Crippen LogP contribution in [0.5, 0.6) is 0 Å². The van der Waals surface area contributed by atoms with Gasteiger partial charge in [-0.05, 0) is 32.0 Å². The van der Waals surface area contributed by atoms with Crippen LogP contribution in [0.25, 0.3) is 0 Å². The number of hydrogen-bond donors (Lipinski definition) is 0. The first-order chi connectivity index (χ1) is 6.45. The molecule has 2 rings (SSSR count). The lowest BCUT2D eigenvalue weighted by Crippen LogP contribution is -2.22. The first-order valence-corrected chi connectivity index (χ1v) is 4.98. The molecule has 0 bridgehead atoms. The van der Waals surface area contributed by atoms with Crippen LogP contribution >= 0.6 is 0 Å². The van der Waals surface area contributed by atoms with E-state index in [1.54, 1.807) is 6.20 Å². The Labute approximate surface area is 79.6 Å². The maximum atomic E-state index is 4.26. The van der Waals surface area contributed by atoms with E-state index in [1.807, 2.05) is 6.07 Å². The molecule has 0 unspecified atom stereocenters. The lowest BCUT2D eigenvalue weighted by molar-refractivity contribution is 0.342. The summed E-state index contributed by atoms with van der Waals surface area (Å²) in [5.74, 6) is 0. The third-order valence-corrected chi connectivity index (χ3v) is 2.56. The molecule has 0 aliphatic carbocycles. The first-order valence-electron chi connectivity index (χ1n) is 4.98. The van der Waals surface area contributed by atoms with Crippen molar-refractivity contribution >= 4 is 0 Å². The van der Waals surface area contributed by atoms with Crippen LogP contribution in [0.15, 0.2) is 18.3 Å². The molecular formula is C11H15N2. The smallest absolute Gasteiger partial charge is 0.0416 e. The summed E-state index contributed by atoms with van der Waals surface area (Å²) in [5, 5.41) is 0. The number of likely N-dealkylation sites (tertiary alicyclic amines) is 1. The van der Waals surface area contributed by atoms with Crippen molar-refractivity contribution in [2.45, 2.75) is 19.3 Å². The average molecular weight is 175 g/mol. The summed E-state index contributed by atoms with van der Waals surface area (Å²) in [6.45, 7) is 3.72. The minimum atomic E-state index is 1.08. The van der Waals surface area contributed by atoms with Crippen LogP contribution in [-0.4, -0.2) is 29.5 Å². The lowest BCUT2D eigenvalue weighted by Gasteiger charge is -2.13. The summed E-state index contributed by atoms with van der Waals surface area (Å²) >= 11 is 0. The molecule has 69 valence electrons. The Kier molecular flexibility index (Phi) is 2.93. The predicted molar refractivity (Wildman–Crippen MR) is 52.5 cm³/mol. The van der Waals surface area contributed by atoms with Crippen LogP contribution in [0.4, 0.5) is 0 Å². The van der Waals surface area contributed by atoms with Crippen molar-refractivity contribution in [1.82, 2.24) is 9.88 Å². The molecule has 0 saturated carbocycles. The molecule has 2 heterocycles. The number of nitrogens with zero attached hydrogens (tertiary/aromatic N) is 2. The van der Waals surface area contributed by atoms with E-state index in [0.717, 1.165) is 13.0 Å². The second-order valence-electron chi connectivity index (χ2n) is 3.55. The highest BCUT2D eigenvalue weighted by Crippen LogP contribution is 2.07. The molecule has 2 heteroatoms. The van der Waals surface area contributed by atoms with E-state index in [9.17, 15) is 0 Å². The number of rotatable bonds is 3. The molecule has 2 nitrogen and oxygen atoms in total. The second kappa shape index (κ2) is 4.38. The Morgan fingerprint density at radius 1 is 1.38 bits per heavy atom. The standard InChI is InChI=1S/C11H15N2/c1-2-7-12-11(5-1)6-10-13-8-3-4-9-13/h1,5,7H,3-4,6,8-10H2. The summed E-state index contributed by atoms with van der Waals surface area (Å²) in [6.07, 6.45) is 5.57. The third kappa shape index (κ3) is 2.52. The van der Waals surface area contributed by atoms with Gasteiger partial charge in [0, 0.05) is 30.9 Å². The fourth-order valence-electron chi connectivity index (χ4n) is 1.78. The van der Waals surface area contributed by atoms with Gasteiger partial charge in [0.15, 0.2) is 0 Å². The zero-order chi connectivity index (χ0) is 8.93. The summed E-state index contributed by atoms with van der Waals surface area (Å²) in [7, 11) is 0. The van der Waals surface area contributed by atoms with Crippen molar-refractivity contribution in [2.75, 3.05) is 19.6 Å². The van der Waals surface area contributed by atoms with E-state index in [4.69, 9.17) is 0 Å². The Morgan fingerprint density at radius 3 is 2.92 bits per heavy atom. The lowest BCUT2D eigenvalue weighted by atomic mass is 10.2. The van der Waals surface area contributed by atoms with Crippen molar-refractivity contribution in [2.24, 2.45) is 0 Å². The monoisotopic (exact) mass is 175 g/mol. The van der Waals surface area contributed by atoms with Crippen molar-refractivity contribution in [3.8, 4) is 0 Å². The van der Waals surface area contributed by atoms with Crippen molar-refractivity contribution in [3.63, 3.8) is 0 Å². The van der Waals surface area contributed by atoms with Gasteiger partial charge in [0.2, 0.25) is 0 Å². The molecule has 1 aromatic rings. The zero-order valence-electron chi connectivity index (χ0n) is 7.87. The van der Waals surface area contributed by atoms with Crippen LogP contribution in [0.2, 0.25) is 0 Å². The molecule has 1 radical (unpaired) electrons. The molecule has 0 N–H and O–H groups in total. The van der Waals surface area contributed by atoms with Gasteiger partial charge in [-0.2, -0.15) is 0 Å². The summed E-state index contributed by atoms with van der Waals surface area (Å²) < 4.78 is 0. The Bertz CT molecular complexity index is 240. The van der Waals surface area contributed by atoms with E-state index in [2.05, 4.69) is 22.0 Å². The average Bonchev–Trinajstić information content (AvgIpc) is 2.69. The molecule has 1 aliphatic rings. The predicted octanol–water partition coefficient (Wildman–Crippen LogP) is 1.52. The van der Waals surface area contributed by atoms with Gasteiger partial charge in [0.05, 0.1) is 0 Å². The van der Waals surface area contributed by atoms with Gasteiger partial charge < -0.3 is 4.90 Å². The van der Waals surface area contributed by atoms with E-state index in [1.165, 1.54) is 31.6 Å². The third-order valence-electron chi connectivity index (χ3n) is 2.56. The molecule has 0 spiro atoms. The molecule has 0 aromatic carbocycles. The molecule has 1 saturated heterocycles. The van der Waals surface area contributed by atoms with E-state index >= 15 is 0 Å². The van der Waals surface area contributed by atoms with Crippen molar-refractivity contribution in [3.05, 3.63) is 30.1 Å². The molecular weight excluding hydrogens is 160 g/mol. The quantitative estimate of drug-likeness (QED) is 0.692. The van der Waals surface area contributed by atoms with Gasteiger partial charge >= 0.3 is 0 Å². The summed E-state index contributed by atoms with van der Waals surface area (Å²) in [5.41, 5.74) is 1.19. The molecule has 1 aromatic heterocycles. The van der Waals surface area contributed by atoms with Crippen LogP contribution in [-0.2, 0) is 6.42 Å². The summed E-state index contributed by atoms with van der Waals surface area (Å²) in [6, 6.07) is 6.92. The minimum Gasteiger partial charge on any atom is -0.303 e. The highest BCUT2D eigenvalue weighted by Gasteiger charge is 2.10. The van der Waals surface area contributed by atoms with Gasteiger partial charge in [0.1, 0.15) is 0 Å². The number of aromatic nitrogens is 1. The largest absolute Gasteiger partial charge is 0.303 e. The fraction of sp³-hybridized carbons (Fsp3) is 0.545. The molecule has 0 amide bonds. The SMILES string of the molecule is [c]1ccc(CCN2CCCC2)nc1. The van der Waals surface area contributed by atoms with Gasteiger partial charge in [-0.3, -0.25) is 4.98 Å². The van der Waals surface area contributed by atoms with Crippen molar-refractivity contribution in [1.29, 1.82) is 0 Å². The Morgan fingerprint density at radius 2 is 2.23 bits per heavy atom. The fourth-order valence-corrected chi connectivity index (χ4v) is 1.78. The van der Waals surface area contributed by atoms with Crippen LogP contribution in [0.1, 0.15) is 18.5 Å². The molecule has 13 heavy (non-hydrogen) atoms. The molecule has 0 atom stereocenters. The second-order valence-corrected chi connectivity index (χ2v) is 3.55. The Balaban J connectivity index is 1.79. The van der Waals surface area contributed by atoms with E-state index in [-0.39, 0.29) is 0 Å². The van der Waals surface area contributed by atoms with Gasteiger partial charge in [0.25, 0.3) is 0 Å². The van der Waals surface area contributed by atoms with Gasteiger partial charge in [-0.1, -0.05) is 6.07 Å². The molecule has 1 fully saturated rings.